The highest BCUT2D eigenvalue weighted by Crippen LogP contribution is 2.14. The number of hydrogen-bond donors (Lipinski definition) is 2. The number of carbonyl (C=O) groups excluding carboxylic acids is 1. The largest absolute Gasteiger partial charge is 0.395 e. The fourth-order valence-electron chi connectivity index (χ4n) is 1.02. The highest BCUT2D eigenvalue weighted by Gasteiger charge is 2.22. The molecule has 1 rings (SSSR count). The van der Waals surface area contributed by atoms with Gasteiger partial charge in [-0.1, -0.05) is 11.3 Å². The molecule has 0 aliphatic rings. The van der Waals surface area contributed by atoms with Gasteiger partial charge in [-0.25, -0.2) is 8.78 Å². The van der Waals surface area contributed by atoms with Gasteiger partial charge < -0.3 is 15.7 Å². The number of aliphatic hydroxyl groups excluding tert-OH is 1. The molecule has 0 unspecified atom stereocenters. The molecule has 0 aromatic carbocycles. The molecule has 1 aromatic heterocycles. The third-order valence-electron chi connectivity index (χ3n) is 1.64. The number of nitrogens with two attached hydrogens (primary N) is 1. The van der Waals surface area contributed by atoms with E-state index < -0.39 is 25.5 Å². The number of alkyl halides is 2. The second kappa shape index (κ2) is 5.66. The Morgan fingerprint density at radius 1 is 1.56 bits per heavy atom. The fraction of sp³-hybridized carbons (Fsp3) is 0.571. The SMILES string of the molecule is Nc1nnc(C(=O)N(CCO)CC(F)F)s1. The van der Waals surface area contributed by atoms with Gasteiger partial charge in [0, 0.05) is 6.54 Å². The zero-order valence-electron chi connectivity index (χ0n) is 8.14. The van der Waals surface area contributed by atoms with Crippen LogP contribution < -0.4 is 5.73 Å². The summed E-state index contributed by atoms with van der Waals surface area (Å²) in [5.41, 5.74) is 5.27. The van der Waals surface area contributed by atoms with Crippen molar-refractivity contribution in [2.45, 2.75) is 6.43 Å². The minimum absolute atomic E-state index is 0.0633. The molecule has 0 bridgehead atoms. The maximum Gasteiger partial charge on any atom is 0.285 e. The average Bonchev–Trinajstić information content (AvgIpc) is 2.62. The van der Waals surface area contributed by atoms with Crippen molar-refractivity contribution in [2.75, 3.05) is 25.4 Å². The monoisotopic (exact) mass is 252 g/mol. The molecule has 0 spiro atoms. The lowest BCUT2D eigenvalue weighted by Crippen LogP contribution is -2.37. The molecule has 90 valence electrons. The quantitative estimate of drug-likeness (QED) is 0.758. The Bertz CT molecular complexity index is 360. The van der Waals surface area contributed by atoms with Gasteiger partial charge >= 0.3 is 0 Å². The van der Waals surface area contributed by atoms with Crippen molar-refractivity contribution in [2.24, 2.45) is 0 Å². The zero-order chi connectivity index (χ0) is 12.1. The number of nitrogens with zero attached hydrogens (tertiary/aromatic N) is 3. The third kappa shape index (κ3) is 3.35. The van der Waals surface area contributed by atoms with E-state index in [2.05, 4.69) is 10.2 Å². The Hall–Kier alpha value is -1.35. The lowest BCUT2D eigenvalue weighted by molar-refractivity contribution is 0.0508. The van der Waals surface area contributed by atoms with Crippen molar-refractivity contribution in [3.05, 3.63) is 5.01 Å². The minimum atomic E-state index is -2.67. The van der Waals surface area contributed by atoms with Crippen LogP contribution in [0.15, 0.2) is 0 Å². The van der Waals surface area contributed by atoms with Crippen LogP contribution in [0.5, 0.6) is 0 Å². The number of amides is 1. The first kappa shape index (κ1) is 12.7. The molecule has 0 saturated carbocycles. The molecule has 0 aliphatic heterocycles. The number of aromatic nitrogens is 2. The smallest absolute Gasteiger partial charge is 0.285 e. The van der Waals surface area contributed by atoms with Crippen LogP contribution in [0.1, 0.15) is 9.80 Å². The lowest BCUT2D eigenvalue weighted by Gasteiger charge is -2.19. The van der Waals surface area contributed by atoms with E-state index in [1.54, 1.807) is 0 Å². The Morgan fingerprint density at radius 2 is 2.25 bits per heavy atom. The normalized spacial score (nSPS) is 10.8. The summed E-state index contributed by atoms with van der Waals surface area (Å²) in [6.07, 6.45) is -2.67. The van der Waals surface area contributed by atoms with E-state index in [1.165, 1.54) is 0 Å². The molecule has 1 amide bonds. The summed E-state index contributed by atoms with van der Waals surface area (Å²) in [7, 11) is 0. The molecule has 1 heterocycles. The molecule has 1 aromatic rings. The average molecular weight is 252 g/mol. The number of rotatable bonds is 5. The molecule has 0 radical (unpaired) electrons. The van der Waals surface area contributed by atoms with Crippen LogP contribution in [-0.4, -0.2) is 52.2 Å². The number of nitrogen functional groups attached to an aromatic ring is 1. The molecule has 6 nitrogen and oxygen atoms in total. The molecule has 0 fully saturated rings. The summed E-state index contributed by atoms with van der Waals surface area (Å²) in [4.78, 5) is 12.4. The topological polar surface area (TPSA) is 92.3 Å². The van der Waals surface area contributed by atoms with Crippen LogP contribution in [0.2, 0.25) is 0 Å². The minimum Gasteiger partial charge on any atom is -0.395 e. The van der Waals surface area contributed by atoms with Gasteiger partial charge in [-0.2, -0.15) is 0 Å². The summed E-state index contributed by atoms with van der Waals surface area (Å²) in [6, 6.07) is 0. The molecular weight excluding hydrogens is 242 g/mol. The first-order chi connectivity index (χ1) is 7.54. The van der Waals surface area contributed by atoms with Gasteiger partial charge in [-0.15, -0.1) is 10.2 Å². The van der Waals surface area contributed by atoms with Crippen LogP contribution in [0, 0.1) is 0 Å². The highest BCUT2D eigenvalue weighted by molar-refractivity contribution is 7.16. The number of hydrogen-bond acceptors (Lipinski definition) is 6. The van der Waals surface area contributed by atoms with Crippen LogP contribution in [0.3, 0.4) is 0 Å². The van der Waals surface area contributed by atoms with E-state index in [1.807, 2.05) is 0 Å². The van der Waals surface area contributed by atoms with E-state index >= 15 is 0 Å². The Labute approximate surface area is 93.7 Å². The second-order valence-electron chi connectivity index (χ2n) is 2.81. The van der Waals surface area contributed by atoms with Gasteiger partial charge in [-0.3, -0.25) is 4.79 Å². The summed E-state index contributed by atoms with van der Waals surface area (Å²) in [6.45, 7) is -1.33. The Balaban J connectivity index is 2.74. The maximum atomic E-state index is 12.2. The number of aliphatic hydroxyl groups is 1. The summed E-state index contributed by atoms with van der Waals surface area (Å²) >= 11 is 0.815. The number of anilines is 1. The summed E-state index contributed by atoms with van der Waals surface area (Å²) in [5, 5.41) is 15.5. The van der Waals surface area contributed by atoms with Crippen LogP contribution in [0.4, 0.5) is 13.9 Å². The van der Waals surface area contributed by atoms with E-state index in [9.17, 15) is 13.6 Å². The molecule has 9 heteroatoms. The Kier molecular flexibility index (Phi) is 4.50. The summed E-state index contributed by atoms with van der Waals surface area (Å²) < 4.78 is 24.3. The van der Waals surface area contributed by atoms with Gasteiger partial charge in [0.15, 0.2) is 0 Å². The van der Waals surface area contributed by atoms with Crippen molar-refractivity contribution in [1.82, 2.24) is 15.1 Å². The van der Waals surface area contributed by atoms with Gasteiger partial charge in [0.2, 0.25) is 10.1 Å². The zero-order valence-corrected chi connectivity index (χ0v) is 8.95. The van der Waals surface area contributed by atoms with Gasteiger partial charge in [-0.05, 0) is 0 Å². The Morgan fingerprint density at radius 3 is 2.69 bits per heavy atom. The predicted molar refractivity (Wildman–Crippen MR) is 53.3 cm³/mol. The van der Waals surface area contributed by atoms with Crippen LogP contribution >= 0.6 is 11.3 Å². The van der Waals surface area contributed by atoms with Crippen molar-refractivity contribution >= 4 is 22.4 Å². The van der Waals surface area contributed by atoms with Crippen molar-refractivity contribution < 1.29 is 18.7 Å². The predicted octanol–water partition coefficient (Wildman–Crippen LogP) is -0.180. The molecule has 0 saturated heterocycles. The number of halogens is 2. The van der Waals surface area contributed by atoms with E-state index in [4.69, 9.17) is 10.8 Å². The first-order valence-corrected chi connectivity index (χ1v) is 5.13. The van der Waals surface area contributed by atoms with Crippen molar-refractivity contribution in [3.63, 3.8) is 0 Å². The lowest BCUT2D eigenvalue weighted by atomic mass is 10.4. The van der Waals surface area contributed by atoms with E-state index in [0.29, 0.717) is 0 Å². The first-order valence-electron chi connectivity index (χ1n) is 4.32. The van der Waals surface area contributed by atoms with Crippen molar-refractivity contribution in [1.29, 1.82) is 0 Å². The maximum absolute atomic E-state index is 12.2. The molecule has 3 N–H and O–H groups in total. The molecule has 0 atom stereocenters. The second-order valence-corrected chi connectivity index (χ2v) is 3.82. The fourth-order valence-corrected chi connectivity index (χ4v) is 1.60. The summed E-state index contributed by atoms with van der Waals surface area (Å²) in [5.74, 6) is -0.705. The van der Waals surface area contributed by atoms with Gasteiger partial charge in [0.1, 0.15) is 0 Å². The van der Waals surface area contributed by atoms with Crippen LogP contribution in [0.25, 0.3) is 0 Å². The van der Waals surface area contributed by atoms with Gasteiger partial charge in [0.25, 0.3) is 12.3 Å². The number of carbonyl (C=O) groups is 1. The van der Waals surface area contributed by atoms with Crippen LogP contribution in [-0.2, 0) is 0 Å². The third-order valence-corrected chi connectivity index (χ3v) is 2.38. The van der Waals surface area contributed by atoms with E-state index in [0.717, 1.165) is 16.2 Å². The van der Waals surface area contributed by atoms with Gasteiger partial charge in [0.05, 0.1) is 13.2 Å². The van der Waals surface area contributed by atoms with Crippen molar-refractivity contribution in [3.8, 4) is 0 Å². The molecular formula is C7H10F2N4O2S. The standard InChI is InChI=1S/C7H10F2N4O2S/c8-4(9)3-13(1-2-14)6(15)5-11-12-7(10)16-5/h4,14H,1-3H2,(H2,10,12). The molecule has 0 aliphatic carbocycles. The molecule has 16 heavy (non-hydrogen) atoms. The van der Waals surface area contributed by atoms with E-state index in [-0.39, 0.29) is 16.7 Å². The highest BCUT2D eigenvalue weighted by atomic mass is 32.1.